The lowest BCUT2D eigenvalue weighted by atomic mass is 10.1. The predicted molar refractivity (Wildman–Crippen MR) is 56.1 cm³/mol. The van der Waals surface area contributed by atoms with E-state index in [9.17, 15) is 9.59 Å². The summed E-state index contributed by atoms with van der Waals surface area (Å²) < 4.78 is 1.25. The normalized spacial score (nSPS) is 19.7. The number of rotatable bonds is 1. The molecule has 5 heteroatoms. The highest BCUT2D eigenvalue weighted by atomic mass is 32.2. The molecule has 4 nitrogen and oxygen atoms in total. The van der Waals surface area contributed by atoms with Gasteiger partial charge in [-0.05, 0) is 12.8 Å². The van der Waals surface area contributed by atoms with Gasteiger partial charge in [-0.2, -0.15) is 0 Å². The number of thioether (sulfide) groups is 1. The number of nitrogens with one attached hydrogen (secondary N) is 1. The summed E-state index contributed by atoms with van der Waals surface area (Å²) in [6.45, 7) is 4.24. The Hall–Kier alpha value is -0.970. The van der Waals surface area contributed by atoms with Crippen molar-refractivity contribution in [1.82, 2.24) is 9.55 Å². The Morgan fingerprint density at radius 2 is 2.29 bits per heavy atom. The van der Waals surface area contributed by atoms with Gasteiger partial charge in [0.1, 0.15) is 0 Å². The van der Waals surface area contributed by atoms with Gasteiger partial charge in [0, 0.05) is 12.3 Å². The quantitative estimate of drug-likeness (QED) is 0.699. The Labute approximate surface area is 85.3 Å². The van der Waals surface area contributed by atoms with Gasteiger partial charge in [-0.25, -0.2) is 4.79 Å². The second-order valence-corrected chi connectivity index (χ2v) is 4.46. The lowest BCUT2D eigenvalue weighted by Crippen LogP contribution is -2.36. The third kappa shape index (κ3) is 1.23. The largest absolute Gasteiger partial charge is 0.329 e. The van der Waals surface area contributed by atoms with Crippen LogP contribution in [0, 0.1) is 0 Å². The minimum atomic E-state index is -0.294. The molecule has 0 saturated heterocycles. The van der Waals surface area contributed by atoms with Crippen molar-refractivity contribution in [2.24, 2.45) is 0 Å². The van der Waals surface area contributed by atoms with Gasteiger partial charge in [-0.15, -0.1) is 11.8 Å². The molecule has 1 atom stereocenters. The molecule has 1 aliphatic rings. The third-order valence-electron chi connectivity index (χ3n) is 2.47. The number of hydrogen-bond acceptors (Lipinski definition) is 3. The molecule has 0 aromatic carbocycles. The molecular weight excluding hydrogens is 200 g/mol. The summed E-state index contributed by atoms with van der Waals surface area (Å²) in [5.41, 5.74) is 0.359. The Bertz CT molecular complexity index is 475. The lowest BCUT2D eigenvalue weighted by molar-refractivity contribution is 0.635. The van der Waals surface area contributed by atoms with Crippen LogP contribution in [0.25, 0.3) is 0 Å². The Kier molecular flexibility index (Phi) is 2.26. The van der Waals surface area contributed by atoms with Crippen LogP contribution in [0.1, 0.15) is 25.3 Å². The lowest BCUT2D eigenvalue weighted by Gasteiger charge is -2.05. The van der Waals surface area contributed by atoms with Crippen LogP contribution in [-0.4, -0.2) is 15.3 Å². The monoisotopic (exact) mass is 212 g/mol. The highest BCUT2D eigenvalue weighted by Gasteiger charge is 2.25. The summed E-state index contributed by atoms with van der Waals surface area (Å²) in [6, 6.07) is 0. The molecule has 2 heterocycles. The molecule has 0 bridgehead atoms. The second-order valence-electron chi connectivity index (χ2n) is 3.43. The summed E-state index contributed by atoms with van der Waals surface area (Å²) >= 11 is 1.55. The first kappa shape index (κ1) is 9.58. The number of aromatic amines is 1. The van der Waals surface area contributed by atoms with Crippen molar-refractivity contribution in [1.29, 1.82) is 0 Å². The van der Waals surface area contributed by atoms with Gasteiger partial charge in [0.25, 0.3) is 5.56 Å². The maximum Gasteiger partial charge on any atom is 0.329 e. The van der Waals surface area contributed by atoms with Gasteiger partial charge in [0.2, 0.25) is 0 Å². The van der Waals surface area contributed by atoms with Crippen molar-refractivity contribution in [3.63, 3.8) is 0 Å². The minimum Gasteiger partial charge on any atom is -0.301 e. The van der Waals surface area contributed by atoms with E-state index < -0.39 is 0 Å². The Morgan fingerprint density at radius 1 is 1.57 bits per heavy atom. The first-order valence-electron chi connectivity index (χ1n) is 4.65. The molecule has 0 radical (unpaired) electrons. The molecule has 0 aliphatic carbocycles. The summed E-state index contributed by atoms with van der Waals surface area (Å²) in [4.78, 5) is 26.0. The average molecular weight is 212 g/mol. The van der Waals surface area contributed by atoms with E-state index in [2.05, 4.69) is 4.98 Å². The van der Waals surface area contributed by atoms with Crippen LogP contribution in [0.15, 0.2) is 14.6 Å². The smallest absolute Gasteiger partial charge is 0.301 e. The van der Waals surface area contributed by atoms with Crippen molar-refractivity contribution < 1.29 is 0 Å². The van der Waals surface area contributed by atoms with E-state index >= 15 is 0 Å². The number of aromatic nitrogens is 2. The van der Waals surface area contributed by atoms with Crippen LogP contribution >= 0.6 is 11.8 Å². The van der Waals surface area contributed by atoms with E-state index in [0.29, 0.717) is 6.54 Å². The molecule has 0 amide bonds. The van der Waals surface area contributed by atoms with Crippen molar-refractivity contribution >= 4 is 11.8 Å². The second kappa shape index (κ2) is 3.31. The van der Waals surface area contributed by atoms with Gasteiger partial charge < -0.3 is 4.98 Å². The molecule has 76 valence electrons. The molecule has 0 spiro atoms. The molecule has 0 saturated carbocycles. The van der Waals surface area contributed by atoms with E-state index in [1.165, 1.54) is 4.57 Å². The maximum atomic E-state index is 11.9. The van der Waals surface area contributed by atoms with Gasteiger partial charge in [-0.1, -0.05) is 6.92 Å². The van der Waals surface area contributed by atoms with Gasteiger partial charge in [0.15, 0.2) is 0 Å². The molecule has 1 N–H and O–H groups in total. The fourth-order valence-corrected chi connectivity index (χ4v) is 2.88. The van der Waals surface area contributed by atoms with Crippen molar-refractivity contribution in [3.8, 4) is 0 Å². The first-order chi connectivity index (χ1) is 6.65. The first-order valence-corrected chi connectivity index (χ1v) is 5.63. The van der Waals surface area contributed by atoms with Gasteiger partial charge >= 0.3 is 5.69 Å². The van der Waals surface area contributed by atoms with Crippen LogP contribution in [-0.2, 0) is 6.54 Å². The SMILES string of the molecule is CCn1c(=O)[nH]c2c(c1=O)C(C)CS2. The van der Waals surface area contributed by atoms with E-state index in [0.717, 1.165) is 16.3 Å². The molecule has 1 unspecified atom stereocenters. The summed E-state index contributed by atoms with van der Waals surface area (Å²) in [7, 11) is 0. The zero-order valence-electron chi connectivity index (χ0n) is 8.16. The molecule has 14 heavy (non-hydrogen) atoms. The number of fused-ring (bicyclic) bond motifs is 1. The van der Waals surface area contributed by atoms with Crippen LogP contribution in [0.3, 0.4) is 0 Å². The minimum absolute atomic E-state index is 0.122. The standard InChI is InChI=1S/C9H12N2O2S/c1-3-11-8(12)6-5(2)4-14-7(6)10-9(11)13/h5H,3-4H2,1-2H3,(H,10,13). The summed E-state index contributed by atoms with van der Waals surface area (Å²) in [5, 5.41) is 0.761. The van der Waals surface area contributed by atoms with Crippen LogP contribution in [0.4, 0.5) is 0 Å². The fourth-order valence-electron chi connectivity index (χ4n) is 1.69. The molecule has 1 aromatic rings. The molecule has 1 aliphatic heterocycles. The Balaban J connectivity index is 2.77. The highest BCUT2D eigenvalue weighted by molar-refractivity contribution is 7.99. The van der Waals surface area contributed by atoms with Crippen molar-refractivity contribution in [2.45, 2.75) is 31.3 Å². The predicted octanol–water partition coefficient (Wildman–Crippen LogP) is 0.766. The number of nitrogens with zero attached hydrogens (tertiary/aromatic N) is 1. The molecule has 2 rings (SSSR count). The molecule has 1 aromatic heterocycles. The van der Waals surface area contributed by atoms with Gasteiger partial charge in [0.05, 0.1) is 10.6 Å². The highest BCUT2D eigenvalue weighted by Crippen LogP contribution is 2.34. The fraction of sp³-hybridized carbons (Fsp3) is 0.556. The topological polar surface area (TPSA) is 54.9 Å². The van der Waals surface area contributed by atoms with E-state index in [4.69, 9.17) is 0 Å². The van der Waals surface area contributed by atoms with E-state index in [1.54, 1.807) is 18.7 Å². The summed E-state index contributed by atoms with van der Waals surface area (Å²) in [6.07, 6.45) is 0. The third-order valence-corrected chi connectivity index (χ3v) is 3.75. The number of hydrogen-bond donors (Lipinski definition) is 1. The zero-order valence-corrected chi connectivity index (χ0v) is 8.98. The zero-order chi connectivity index (χ0) is 10.3. The van der Waals surface area contributed by atoms with E-state index in [-0.39, 0.29) is 17.2 Å². The van der Waals surface area contributed by atoms with Gasteiger partial charge in [-0.3, -0.25) is 9.36 Å². The van der Waals surface area contributed by atoms with Crippen molar-refractivity contribution in [2.75, 3.05) is 5.75 Å². The Morgan fingerprint density at radius 3 is 2.93 bits per heavy atom. The van der Waals surface area contributed by atoms with Crippen LogP contribution in [0.2, 0.25) is 0 Å². The van der Waals surface area contributed by atoms with Crippen LogP contribution in [0.5, 0.6) is 0 Å². The van der Waals surface area contributed by atoms with Crippen LogP contribution < -0.4 is 11.2 Å². The van der Waals surface area contributed by atoms with E-state index in [1.807, 2.05) is 6.92 Å². The molecular formula is C9H12N2O2S. The molecule has 0 fully saturated rings. The van der Waals surface area contributed by atoms with Crippen molar-refractivity contribution in [3.05, 3.63) is 26.4 Å². The maximum absolute atomic E-state index is 11.9. The number of H-pyrrole nitrogens is 1. The average Bonchev–Trinajstić information content (AvgIpc) is 2.48. The summed E-state index contributed by atoms with van der Waals surface area (Å²) in [5.74, 6) is 1.13.